The second kappa shape index (κ2) is 18.3. The molecule has 2 amide bonds. The van der Waals surface area contributed by atoms with Crippen molar-refractivity contribution < 1.29 is 48.1 Å². The van der Waals surface area contributed by atoms with Crippen molar-refractivity contribution in [2.45, 2.75) is 68.2 Å². The first-order chi connectivity index (χ1) is 25.6. The number of amides is 2. The Balaban J connectivity index is 0.000000296. The third-order valence-corrected chi connectivity index (χ3v) is 10.4. The Labute approximate surface area is 328 Å². The summed E-state index contributed by atoms with van der Waals surface area (Å²) >= 11 is 2.68. The number of carboxylic acid groups (broad SMARTS) is 1. The van der Waals surface area contributed by atoms with E-state index >= 15 is 0 Å². The molecule has 4 rings (SSSR count). The van der Waals surface area contributed by atoms with Crippen LogP contribution in [0.15, 0.2) is 48.5 Å². The fraction of sp³-hybridized carbons (Fsp3) is 0.366. The number of ether oxygens (including phenoxy) is 3. The third kappa shape index (κ3) is 11.3. The van der Waals surface area contributed by atoms with Crippen LogP contribution < -0.4 is 11.5 Å². The van der Waals surface area contributed by atoms with Crippen LogP contribution in [-0.2, 0) is 36.6 Å². The zero-order valence-corrected chi connectivity index (χ0v) is 34.2. The van der Waals surface area contributed by atoms with Crippen LogP contribution in [0.3, 0.4) is 0 Å². The van der Waals surface area contributed by atoms with E-state index in [9.17, 15) is 33.9 Å². The fourth-order valence-electron chi connectivity index (χ4n) is 5.30. The molecule has 0 unspecified atom stereocenters. The van der Waals surface area contributed by atoms with Crippen LogP contribution >= 0.6 is 22.7 Å². The predicted octanol–water partition coefficient (Wildman–Crippen LogP) is 7.39. The number of hydrogen-bond acceptors (Lipinski definition) is 11. The number of methoxy groups -OCH3 is 1. The number of carbonyl (C=O) groups is 6. The van der Waals surface area contributed by atoms with E-state index in [1.54, 1.807) is 90.9 Å². The van der Waals surface area contributed by atoms with Crippen molar-refractivity contribution in [3.05, 3.63) is 91.7 Å². The minimum atomic E-state index is -1.01. The summed E-state index contributed by atoms with van der Waals surface area (Å²) in [5.74, 6) is -3.24. The van der Waals surface area contributed by atoms with Crippen LogP contribution in [0.2, 0.25) is 0 Å². The Kier molecular flexibility index (Phi) is 14.7. The summed E-state index contributed by atoms with van der Waals surface area (Å²) in [5, 5.41) is 9.26. The molecule has 55 heavy (non-hydrogen) atoms. The van der Waals surface area contributed by atoms with Gasteiger partial charge in [-0.2, -0.15) is 0 Å². The SMILES string of the molecule is COC(=O)c1cc(-c2cccc(CCOC(=O)C(C)(C)C)c2C(N)=O)sc1C.Cc1sc(-c2cccc(CCOC(=O)C(C)(C)C)c2C(N)=O)cc1C(=O)O. The molecule has 12 nitrogen and oxygen atoms in total. The molecule has 5 N–H and O–H groups in total. The quantitative estimate of drug-likeness (QED) is 0.0959. The average Bonchev–Trinajstić information content (AvgIpc) is 3.69. The first-order valence-electron chi connectivity index (χ1n) is 17.3. The van der Waals surface area contributed by atoms with Gasteiger partial charge in [-0.15, -0.1) is 22.7 Å². The first-order valence-corrected chi connectivity index (χ1v) is 18.9. The van der Waals surface area contributed by atoms with Gasteiger partial charge in [0.15, 0.2) is 0 Å². The lowest BCUT2D eigenvalue weighted by molar-refractivity contribution is -0.153. The molecule has 2 heterocycles. The van der Waals surface area contributed by atoms with Gasteiger partial charge >= 0.3 is 23.9 Å². The van der Waals surface area contributed by atoms with Crippen molar-refractivity contribution in [3.63, 3.8) is 0 Å². The molecule has 2 aromatic heterocycles. The van der Waals surface area contributed by atoms with Crippen LogP contribution in [0.25, 0.3) is 20.9 Å². The minimum absolute atomic E-state index is 0.129. The topological polar surface area (TPSA) is 202 Å². The van der Waals surface area contributed by atoms with Crippen LogP contribution in [-0.4, -0.2) is 61.1 Å². The normalized spacial score (nSPS) is 11.2. The van der Waals surface area contributed by atoms with Crippen LogP contribution in [0, 0.1) is 24.7 Å². The zero-order valence-electron chi connectivity index (χ0n) is 32.5. The smallest absolute Gasteiger partial charge is 0.338 e. The molecule has 0 atom stereocenters. The van der Waals surface area contributed by atoms with E-state index < -0.39 is 34.6 Å². The maximum absolute atomic E-state index is 12.2. The largest absolute Gasteiger partial charge is 0.478 e. The second-order valence-electron chi connectivity index (χ2n) is 14.6. The van der Waals surface area contributed by atoms with Gasteiger partial charge in [-0.25, -0.2) is 9.59 Å². The molecule has 0 aliphatic carbocycles. The van der Waals surface area contributed by atoms with Crippen molar-refractivity contribution in [3.8, 4) is 20.9 Å². The molecular formula is C41H48N2O10S2. The highest BCUT2D eigenvalue weighted by atomic mass is 32.1. The van der Waals surface area contributed by atoms with Gasteiger partial charge in [-0.3, -0.25) is 19.2 Å². The third-order valence-electron chi connectivity index (χ3n) is 8.23. The Morgan fingerprint density at radius 2 is 1.04 bits per heavy atom. The van der Waals surface area contributed by atoms with Crippen molar-refractivity contribution in [1.82, 2.24) is 0 Å². The van der Waals surface area contributed by atoms with Gasteiger partial charge in [0.2, 0.25) is 11.8 Å². The number of primary amides is 2. The van der Waals surface area contributed by atoms with E-state index in [0.29, 0.717) is 61.5 Å². The first kappa shape index (κ1) is 44.1. The molecule has 0 saturated carbocycles. The van der Waals surface area contributed by atoms with Crippen molar-refractivity contribution in [2.24, 2.45) is 22.3 Å². The summed E-state index contributed by atoms with van der Waals surface area (Å²) in [6, 6.07) is 13.9. The highest BCUT2D eigenvalue weighted by Crippen LogP contribution is 2.36. The Bertz CT molecular complexity index is 2100. The molecule has 294 valence electrons. The van der Waals surface area contributed by atoms with E-state index in [2.05, 4.69) is 0 Å². The molecule has 0 aliphatic heterocycles. The number of carboxylic acids is 1. The highest BCUT2D eigenvalue weighted by molar-refractivity contribution is 7.16. The summed E-state index contributed by atoms with van der Waals surface area (Å²) in [6.07, 6.45) is 0.701. The summed E-state index contributed by atoms with van der Waals surface area (Å²) < 4.78 is 15.4. The number of hydrogen-bond donors (Lipinski definition) is 3. The standard InChI is InChI=1S/C21H25NO5S.C20H23NO5S/c1-12-15(19(24)26-5)11-16(28-12)14-8-6-7-13(17(14)18(22)23)9-10-27-20(25)21(2,3)4;1-11-14(18(23)24)10-15(27-11)13-7-5-6-12(16(13)17(21)22)8-9-26-19(25)20(2,3)4/h6-8,11H,9-10H2,1-5H3,(H2,22,23);5-7,10H,8-9H2,1-4H3,(H2,21,22)(H,23,24). The molecule has 0 radical (unpaired) electrons. The molecule has 2 aromatic carbocycles. The summed E-state index contributed by atoms with van der Waals surface area (Å²) in [7, 11) is 1.33. The van der Waals surface area contributed by atoms with Crippen LogP contribution in [0.4, 0.5) is 0 Å². The maximum atomic E-state index is 12.2. The summed E-state index contributed by atoms with van der Waals surface area (Å²) in [4.78, 5) is 74.2. The number of rotatable bonds is 12. The van der Waals surface area contributed by atoms with E-state index in [-0.39, 0.29) is 30.7 Å². The summed E-state index contributed by atoms with van der Waals surface area (Å²) in [6.45, 7) is 14.5. The Morgan fingerprint density at radius 3 is 1.36 bits per heavy atom. The molecule has 0 saturated heterocycles. The number of benzene rings is 2. The zero-order chi connectivity index (χ0) is 41.4. The van der Waals surface area contributed by atoms with Crippen molar-refractivity contribution >= 4 is 58.4 Å². The molecule has 0 bridgehead atoms. The number of aromatic carboxylic acids is 1. The van der Waals surface area contributed by atoms with Gasteiger partial charge in [0, 0.05) is 43.5 Å². The van der Waals surface area contributed by atoms with Crippen LogP contribution in [0.1, 0.15) is 104 Å². The molecule has 14 heteroatoms. The minimum Gasteiger partial charge on any atom is -0.478 e. The lowest BCUT2D eigenvalue weighted by Gasteiger charge is -2.17. The van der Waals surface area contributed by atoms with Gasteiger partial charge in [-0.05, 0) is 78.6 Å². The van der Waals surface area contributed by atoms with E-state index in [4.69, 9.17) is 25.7 Å². The number of aryl methyl sites for hydroxylation is 2. The van der Waals surface area contributed by atoms with E-state index in [1.165, 1.54) is 29.8 Å². The number of esters is 3. The molecule has 0 aliphatic rings. The monoisotopic (exact) mass is 792 g/mol. The highest BCUT2D eigenvalue weighted by Gasteiger charge is 2.25. The van der Waals surface area contributed by atoms with E-state index in [0.717, 1.165) is 9.75 Å². The number of thiophene rings is 2. The lowest BCUT2D eigenvalue weighted by Crippen LogP contribution is -2.24. The molecule has 4 aromatic rings. The molecular weight excluding hydrogens is 745 g/mol. The molecule has 0 fully saturated rings. The van der Waals surface area contributed by atoms with Crippen LogP contribution in [0.5, 0.6) is 0 Å². The predicted molar refractivity (Wildman–Crippen MR) is 213 cm³/mol. The van der Waals surface area contributed by atoms with Gasteiger partial charge in [0.25, 0.3) is 0 Å². The van der Waals surface area contributed by atoms with Gasteiger partial charge in [-0.1, -0.05) is 36.4 Å². The maximum Gasteiger partial charge on any atom is 0.338 e. The average molecular weight is 793 g/mol. The fourth-order valence-corrected chi connectivity index (χ4v) is 7.39. The van der Waals surface area contributed by atoms with E-state index in [1.807, 2.05) is 13.0 Å². The Morgan fingerprint density at radius 1 is 0.655 bits per heavy atom. The Hall–Kier alpha value is -5.34. The second-order valence-corrected chi connectivity index (χ2v) is 17.2. The number of carbonyl (C=O) groups excluding carboxylic acids is 5. The van der Waals surface area contributed by atoms with Gasteiger partial charge < -0.3 is 30.8 Å². The lowest BCUT2D eigenvalue weighted by atomic mass is 9.96. The summed E-state index contributed by atoms with van der Waals surface area (Å²) in [5.41, 5.74) is 14.0. The number of nitrogens with two attached hydrogens (primary N) is 2. The van der Waals surface area contributed by atoms with Crippen molar-refractivity contribution in [2.75, 3.05) is 20.3 Å². The van der Waals surface area contributed by atoms with Gasteiger partial charge in [0.05, 0.1) is 53.4 Å². The van der Waals surface area contributed by atoms with Gasteiger partial charge in [0.1, 0.15) is 0 Å². The molecule has 0 spiro atoms. The van der Waals surface area contributed by atoms with Crippen molar-refractivity contribution in [1.29, 1.82) is 0 Å².